The Morgan fingerprint density at radius 2 is 2.33 bits per heavy atom. The van der Waals surface area contributed by atoms with E-state index in [1.54, 1.807) is 0 Å². The van der Waals surface area contributed by atoms with Crippen LogP contribution in [-0.2, 0) is 6.54 Å². The van der Waals surface area contributed by atoms with Gasteiger partial charge in [-0.05, 0) is 15.9 Å². The zero-order chi connectivity index (χ0) is 11.2. The molecule has 1 fully saturated rings. The highest BCUT2D eigenvalue weighted by Gasteiger charge is 2.57. The van der Waals surface area contributed by atoms with Crippen LogP contribution in [0.4, 0.5) is 14.6 Å². The molecule has 0 bridgehead atoms. The van der Waals surface area contributed by atoms with E-state index in [4.69, 9.17) is 11.0 Å². The minimum absolute atomic E-state index is 0.0547. The van der Waals surface area contributed by atoms with E-state index in [0.29, 0.717) is 4.60 Å². The van der Waals surface area contributed by atoms with Gasteiger partial charge in [-0.2, -0.15) is 10.4 Å². The van der Waals surface area contributed by atoms with Gasteiger partial charge in [-0.15, -0.1) is 0 Å². The SMILES string of the molecule is N#Cc1c(Br)nn(CC2CC2(F)F)c1N. The summed E-state index contributed by atoms with van der Waals surface area (Å²) in [4.78, 5) is 0. The van der Waals surface area contributed by atoms with Crippen LogP contribution in [0.3, 0.4) is 0 Å². The van der Waals surface area contributed by atoms with E-state index in [1.165, 1.54) is 4.68 Å². The Balaban J connectivity index is 2.21. The van der Waals surface area contributed by atoms with Crippen LogP contribution in [0.5, 0.6) is 0 Å². The Labute approximate surface area is 92.8 Å². The molecule has 2 N–H and O–H groups in total. The van der Waals surface area contributed by atoms with Gasteiger partial charge in [0.1, 0.15) is 22.1 Å². The third kappa shape index (κ3) is 1.69. The minimum Gasteiger partial charge on any atom is -0.383 e. The summed E-state index contributed by atoms with van der Waals surface area (Å²) in [7, 11) is 0. The molecular formula is C8H7BrF2N4. The standard InChI is InChI=1S/C8H7BrF2N4/c9-6-5(2-12)7(13)15(14-6)3-4-1-8(4,10)11/h4H,1,3,13H2. The molecule has 1 aliphatic rings. The maximum Gasteiger partial charge on any atom is 0.253 e. The normalized spacial score (nSPS) is 22.4. The fraction of sp³-hybridized carbons (Fsp3) is 0.500. The average Bonchev–Trinajstić information content (AvgIpc) is 2.63. The largest absolute Gasteiger partial charge is 0.383 e. The molecule has 4 nitrogen and oxygen atoms in total. The molecule has 1 unspecified atom stereocenters. The van der Waals surface area contributed by atoms with E-state index in [-0.39, 0.29) is 24.3 Å². The molecule has 0 aromatic carbocycles. The van der Waals surface area contributed by atoms with Gasteiger partial charge in [0, 0.05) is 12.3 Å². The molecule has 1 saturated carbocycles. The van der Waals surface area contributed by atoms with E-state index in [2.05, 4.69) is 21.0 Å². The van der Waals surface area contributed by atoms with Crippen molar-refractivity contribution in [1.82, 2.24) is 9.78 Å². The Bertz CT molecular complexity index is 448. The first kappa shape index (κ1) is 10.4. The third-order valence-corrected chi connectivity index (χ3v) is 2.96. The van der Waals surface area contributed by atoms with Gasteiger partial charge in [-0.25, -0.2) is 13.5 Å². The molecule has 15 heavy (non-hydrogen) atoms. The van der Waals surface area contributed by atoms with Gasteiger partial charge in [0.2, 0.25) is 0 Å². The quantitative estimate of drug-likeness (QED) is 0.895. The minimum atomic E-state index is -2.60. The smallest absolute Gasteiger partial charge is 0.253 e. The third-order valence-electron chi connectivity index (χ3n) is 2.41. The lowest BCUT2D eigenvalue weighted by atomic mass is 10.3. The molecule has 0 saturated heterocycles. The summed E-state index contributed by atoms with van der Waals surface area (Å²) < 4.78 is 26.8. The molecule has 1 aliphatic carbocycles. The first-order valence-electron chi connectivity index (χ1n) is 4.25. The number of nitriles is 1. The number of aromatic nitrogens is 2. The second-order valence-corrected chi connectivity index (χ2v) is 4.26. The molecule has 1 aromatic rings. The number of hydrogen-bond acceptors (Lipinski definition) is 3. The van der Waals surface area contributed by atoms with Crippen LogP contribution in [0.25, 0.3) is 0 Å². The second kappa shape index (κ2) is 3.17. The van der Waals surface area contributed by atoms with Gasteiger partial charge in [0.25, 0.3) is 5.92 Å². The van der Waals surface area contributed by atoms with Crippen LogP contribution >= 0.6 is 15.9 Å². The number of rotatable bonds is 2. The van der Waals surface area contributed by atoms with Crippen LogP contribution in [0.15, 0.2) is 4.60 Å². The van der Waals surface area contributed by atoms with Crippen LogP contribution in [0.1, 0.15) is 12.0 Å². The van der Waals surface area contributed by atoms with Crippen molar-refractivity contribution in [1.29, 1.82) is 5.26 Å². The predicted molar refractivity (Wildman–Crippen MR) is 52.1 cm³/mol. The van der Waals surface area contributed by atoms with Crippen molar-refractivity contribution in [3.05, 3.63) is 10.2 Å². The summed E-state index contributed by atoms with van der Waals surface area (Å²) in [6.07, 6.45) is -0.133. The van der Waals surface area contributed by atoms with Gasteiger partial charge >= 0.3 is 0 Å². The monoisotopic (exact) mass is 276 g/mol. The first-order chi connectivity index (χ1) is 6.95. The number of nitrogens with zero attached hydrogens (tertiary/aromatic N) is 3. The van der Waals surface area contributed by atoms with E-state index < -0.39 is 11.8 Å². The lowest BCUT2D eigenvalue weighted by Gasteiger charge is -2.01. The topological polar surface area (TPSA) is 67.6 Å². The van der Waals surface area contributed by atoms with Crippen molar-refractivity contribution in [3.63, 3.8) is 0 Å². The summed E-state index contributed by atoms with van der Waals surface area (Å²) >= 11 is 3.05. The summed E-state index contributed by atoms with van der Waals surface area (Å²) in [5.41, 5.74) is 5.78. The Kier molecular flexibility index (Phi) is 2.19. The molecule has 0 spiro atoms. The molecule has 0 aliphatic heterocycles. The summed E-state index contributed by atoms with van der Waals surface area (Å²) in [6.45, 7) is 0.0547. The highest BCUT2D eigenvalue weighted by atomic mass is 79.9. The molecule has 2 rings (SSSR count). The highest BCUT2D eigenvalue weighted by molar-refractivity contribution is 9.10. The zero-order valence-electron chi connectivity index (χ0n) is 7.54. The van der Waals surface area contributed by atoms with Crippen LogP contribution in [0.2, 0.25) is 0 Å². The summed E-state index contributed by atoms with van der Waals surface area (Å²) in [5.74, 6) is -3.18. The maximum atomic E-state index is 12.6. The Morgan fingerprint density at radius 1 is 1.73 bits per heavy atom. The fourth-order valence-corrected chi connectivity index (χ4v) is 1.85. The lowest BCUT2D eigenvalue weighted by molar-refractivity contribution is 0.0944. The van der Waals surface area contributed by atoms with Crippen molar-refractivity contribution in [2.75, 3.05) is 5.73 Å². The number of halogens is 3. The van der Waals surface area contributed by atoms with E-state index in [0.717, 1.165) is 0 Å². The van der Waals surface area contributed by atoms with Crippen molar-refractivity contribution < 1.29 is 8.78 Å². The fourth-order valence-electron chi connectivity index (χ4n) is 1.36. The summed E-state index contributed by atoms with van der Waals surface area (Å²) in [5, 5.41) is 12.6. The molecular weight excluding hydrogens is 270 g/mol. The van der Waals surface area contributed by atoms with Crippen LogP contribution in [-0.4, -0.2) is 15.7 Å². The van der Waals surface area contributed by atoms with Gasteiger partial charge in [0.15, 0.2) is 0 Å². The predicted octanol–water partition coefficient (Wildman–Crippen LogP) is 1.75. The van der Waals surface area contributed by atoms with Crippen molar-refractivity contribution in [2.45, 2.75) is 18.9 Å². The van der Waals surface area contributed by atoms with Gasteiger partial charge in [-0.1, -0.05) is 0 Å². The van der Waals surface area contributed by atoms with Gasteiger partial charge in [-0.3, -0.25) is 0 Å². The van der Waals surface area contributed by atoms with Gasteiger partial charge in [0.05, 0.1) is 6.54 Å². The molecule has 0 radical (unpaired) electrons. The number of anilines is 1. The molecule has 1 heterocycles. The van der Waals surface area contributed by atoms with Crippen LogP contribution in [0, 0.1) is 17.2 Å². The molecule has 80 valence electrons. The van der Waals surface area contributed by atoms with Crippen molar-refractivity contribution in [3.8, 4) is 6.07 Å². The maximum absolute atomic E-state index is 12.6. The van der Waals surface area contributed by atoms with E-state index in [9.17, 15) is 8.78 Å². The van der Waals surface area contributed by atoms with Gasteiger partial charge < -0.3 is 5.73 Å². The Hall–Kier alpha value is -1.16. The molecule has 7 heteroatoms. The number of nitrogen functional groups attached to an aromatic ring is 1. The number of hydrogen-bond donors (Lipinski definition) is 1. The number of alkyl halides is 2. The summed E-state index contributed by atoms with van der Waals surface area (Å²) in [6, 6.07) is 1.86. The van der Waals surface area contributed by atoms with Crippen molar-refractivity contribution >= 4 is 21.7 Å². The molecule has 0 amide bonds. The molecule has 1 atom stereocenters. The van der Waals surface area contributed by atoms with E-state index >= 15 is 0 Å². The molecule has 1 aromatic heterocycles. The zero-order valence-corrected chi connectivity index (χ0v) is 9.13. The average molecular weight is 277 g/mol. The highest BCUT2D eigenvalue weighted by Crippen LogP contribution is 2.49. The second-order valence-electron chi connectivity index (χ2n) is 3.51. The Morgan fingerprint density at radius 3 is 2.73 bits per heavy atom. The first-order valence-corrected chi connectivity index (χ1v) is 5.04. The lowest BCUT2D eigenvalue weighted by Crippen LogP contribution is -2.09. The van der Waals surface area contributed by atoms with E-state index in [1.807, 2.05) is 6.07 Å². The van der Waals surface area contributed by atoms with Crippen LogP contribution < -0.4 is 5.73 Å². The van der Waals surface area contributed by atoms with Crippen molar-refractivity contribution in [2.24, 2.45) is 5.92 Å². The number of nitrogens with two attached hydrogens (primary N) is 1.